The summed E-state index contributed by atoms with van der Waals surface area (Å²) in [5.74, 6) is -0.0814. The van der Waals surface area contributed by atoms with E-state index in [1.165, 1.54) is 0 Å². The van der Waals surface area contributed by atoms with Gasteiger partial charge in [-0.2, -0.15) is 0 Å². The zero-order valence-electron chi connectivity index (χ0n) is 15.3. The number of pyridine rings is 1. The molecule has 8 nitrogen and oxygen atoms in total. The molecule has 0 radical (unpaired) electrons. The van der Waals surface area contributed by atoms with Crippen LogP contribution in [-0.2, 0) is 11.2 Å². The van der Waals surface area contributed by atoms with Gasteiger partial charge in [0.2, 0.25) is 5.65 Å². The third kappa shape index (κ3) is 3.35. The normalized spacial score (nSPS) is 15.5. The highest BCUT2D eigenvalue weighted by Crippen LogP contribution is 2.26. The molecule has 0 spiro atoms. The van der Waals surface area contributed by atoms with Crippen LogP contribution in [0.2, 0.25) is 0 Å². The van der Waals surface area contributed by atoms with Crippen LogP contribution in [0.3, 0.4) is 0 Å². The van der Waals surface area contributed by atoms with Crippen molar-refractivity contribution in [3.8, 4) is 0 Å². The molecule has 27 heavy (non-hydrogen) atoms. The Labute approximate surface area is 156 Å². The van der Waals surface area contributed by atoms with Crippen LogP contribution in [0.25, 0.3) is 11.2 Å². The monoisotopic (exact) mass is 367 g/mol. The average Bonchev–Trinajstić information content (AvgIpc) is 3.10. The van der Waals surface area contributed by atoms with Crippen molar-refractivity contribution < 1.29 is 14.2 Å². The first-order valence-corrected chi connectivity index (χ1v) is 8.77. The second-order valence-corrected chi connectivity index (χ2v) is 7.39. The fourth-order valence-electron chi connectivity index (χ4n) is 3.14. The van der Waals surface area contributed by atoms with Crippen LogP contribution in [0.15, 0.2) is 28.9 Å². The number of ether oxygens (including phenoxy) is 1. The standard InChI is InChI=1S/C19H21N5O3/c1-11-14(15(20)16-17(22-11)24-27-23-16)7-12-3-5-13(6-4-12)18(25)21-8-19(2)9-26-10-19/h3-6H,7-10,20H2,1-2H3,(H,21,25). The Kier molecular flexibility index (Phi) is 4.27. The van der Waals surface area contributed by atoms with E-state index in [9.17, 15) is 4.79 Å². The minimum atomic E-state index is -0.0814. The molecule has 0 saturated carbocycles. The molecule has 3 N–H and O–H groups in total. The van der Waals surface area contributed by atoms with Crippen molar-refractivity contribution in [2.45, 2.75) is 20.3 Å². The smallest absolute Gasteiger partial charge is 0.251 e. The lowest BCUT2D eigenvalue weighted by Gasteiger charge is -2.38. The van der Waals surface area contributed by atoms with Gasteiger partial charge in [-0.3, -0.25) is 4.79 Å². The number of aryl methyl sites for hydroxylation is 1. The van der Waals surface area contributed by atoms with Crippen LogP contribution in [0.5, 0.6) is 0 Å². The molecule has 8 heteroatoms. The molecule has 3 heterocycles. The Bertz CT molecular complexity index is 992. The highest BCUT2D eigenvalue weighted by atomic mass is 16.6. The number of fused-ring (bicyclic) bond motifs is 1. The minimum Gasteiger partial charge on any atom is -0.396 e. The number of nitrogens with two attached hydrogens (primary N) is 1. The molecule has 1 saturated heterocycles. The van der Waals surface area contributed by atoms with Crippen molar-refractivity contribution in [1.82, 2.24) is 20.6 Å². The molecule has 1 aromatic carbocycles. The Balaban J connectivity index is 1.47. The lowest BCUT2D eigenvalue weighted by atomic mass is 9.88. The molecule has 140 valence electrons. The Morgan fingerprint density at radius 3 is 2.67 bits per heavy atom. The predicted molar refractivity (Wildman–Crippen MR) is 99.3 cm³/mol. The summed E-state index contributed by atoms with van der Waals surface area (Å²) < 4.78 is 9.92. The number of nitrogens with one attached hydrogen (secondary N) is 1. The van der Waals surface area contributed by atoms with Gasteiger partial charge in [-0.05, 0) is 34.9 Å². The molecular weight excluding hydrogens is 346 g/mol. The summed E-state index contributed by atoms with van der Waals surface area (Å²) in [6, 6.07) is 7.49. The van der Waals surface area contributed by atoms with Gasteiger partial charge in [0.15, 0.2) is 5.52 Å². The second kappa shape index (κ2) is 6.62. The predicted octanol–water partition coefficient (Wildman–Crippen LogP) is 1.87. The number of nitrogens with zero attached hydrogens (tertiary/aromatic N) is 3. The van der Waals surface area contributed by atoms with E-state index in [4.69, 9.17) is 15.1 Å². The first-order chi connectivity index (χ1) is 13.0. The van der Waals surface area contributed by atoms with Crippen molar-refractivity contribution in [2.24, 2.45) is 5.41 Å². The van der Waals surface area contributed by atoms with Gasteiger partial charge in [0.1, 0.15) is 0 Å². The number of amides is 1. The molecule has 0 atom stereocenters. The zero-order chi connectivity index (χ0) is 19.0. The lowest BCUT2D eigenvalue weighted by Crippen LogP contribution is -2.48. The lowest BCUT2D eigenvalue weighted by molar-refractivity contribution is -0.0978. The fourth-order valence-corrected chi connectivity index (χ4v) is 3.14. The summed E-state index contributed by atoms with van der Waals surface area (Å²) in [6.07, 6.45) is 0.588. The first kappa shape index (κ1) is 17.4. The maximum absolute atomic E-state index is 12.3. The van der Waals surface area contributed by atoms with Gasteiger partial charge < -0.3 is 15.8 Å². The molecule has 0 aliphatic carbocycles. The van der Waals surface area contributed by atoms with Crippen LogP contribution in [-0.4, -0.2) is 41.0 Å². The molecule has 4 rings (SSSR count). The molecule has 3 aromatic rings. The first-order valence-electron chi connectivity index (χ1n) is 8.77. The van der Waals surface area contributed by atoms with E-state index in [-0.39, 0.29) is 11.3 Å². The van der Waals surface area contributed by atoms with Gasteiger partial charge in [0, 0.05) is 35.2 Å². The summed E-state index contributed by atoms with van der Waals surface area (Å²) in [4.78, 5) is 16.7. The summed E-state index contributed by atoms with van der Waals surface area (Å²) in [6.45, 7) is 5.97. The average molecular weight is 367 g/mol. The Hall–Kier alpha value is -3.00. The topological polar surface area (TPSA) is 116 Å². The molecular formula is C19H21N5O3. The number of rotatable bonds is 5. The van der Waals surface area contributed by atoms with E-state index in [0.29, 0.717) is 48.6 Å². The Morgan fingerprint density at radius 1 is 1.26 bits per heavy atom. The largest absolute Gasteiger partial charge is 0.396 e. The van der Waals surface area contributed by atoms with Gasteiger partial charge in [-0.1, -0.05) is 19.1 Å². The van der Waals surface area contributed by atoms with Crippen molar-refractivity contribution in [2.75, 3.05) is 25.5 Å². The number of carbonyl (C=O) groups is 1. The maximum Gasteiger partial charge on any atom is 0.251 e. The molecule has 0 unspecified atom stereocenters. The highest BCUT2D eigenvalue weighted by molar-refractivity contribution is 5.94. The SMILES string of the molecule is Cc1nc2nonc2c(N)c1Cc1ccc(C(=O)NCC2(C)COC2)cc1. The van der Waals surface area contributed by atoms with Crippen LogP contribution in [0, 0.1) is 12.3 Å². The van der Waals surface area contributed by atoms with Gasteiger partial charge in [0.05, 0.1) is 18.9 Å². The van der Waals surface area contributed by atoms with Gasteiger partial charge in [-0.15, -0.1) is 0 Å². The van der Waals surface area contributed by atoms with Crippen molar-refractivity contribution in [3.05, 3.63) is 46.6 Å². The van der Waals surface area contributed by atoms with E-state index in [1.807, 2.05) is 31.2 Å². The van der Waals surface area contributed by atoms with Gasteiger partial charge in [0.25, 0.3) is 5.91 Å². The number of carbonyl (C=O) groups excluding carboxylic acids is 1. The van der Waals surface area contributed by atoms with Crippen LogP contribution >= 0.6 is 0 Å². The van der Waals surface area contributed by atoms with E-state index < -0.39 is 0 Å². The van der Waals surface area contributed by atoms with E-state index in [0.717, 1.165) is 16.8 Å². The molecule has 1 aliphatic heterocycles. The second-order valence-electron chi connectivity index (χ2n) is 7.39. The summed E-state index contributed by atoms with van der Waals surface area (Å²) in [7, 11) is 0. The summed E-state index contributed by atoms with van der Waals surface area (Å²) in [5.41, 5.74) is 11.0. The molecule has 2 aromatic heterocycles. The third-order valence-corrected chi connectivity index (χ3v) is 4.94. The number of anilines is 1. The van der Waals surface area contributed by atoms with Gasteiger partial charge in [-0.25, -0.2) is 9.61 Å². The van der Waals surface area contributed by atoms with Crippen molar-refractivity contribution >= 4 is 22.8 Å². The third-order valence-electron chi connectivity index (χ3n) is 4.94. The quantitative estimate of drug-likeness (QED) is 0.707. The number of benzene rings is 1. The summed E-state index contributed by atoms with van der Waals surface area (Å²) >= 11 is 0. The van der Waals surface area contributed by atoms with Crippen LogP contribution in [0.1, 0.15) is 34.1 Å². The molecule has 1 aliphatic rings. The number of aromatic nitrogens is 3. The summed E-state index contributed by atoms with van der Waals surface area (Å²) in [5, 5.41) is 10.5. The number of hydrogen-bond donors (Lipinski definition) is 2. The number of nitrogen functional groups attached to an aromatic ring is 1. The van der Waals surface area contributed by atoms with E-state index >= 15 is 0 Å². The zero-order valence-corrected chi connectivity index (χ0v) is 15.3. The maximum atomic E-state index is 12.3. The van der Waals surface area contributed by atoms with Crippen LogP contribution < -0.4 is 11.1 Å². The highest BCUT2D eigenvalue weighted by Gasteiger charge is 2.33. The molecule has 1 fully saturated rings. The van der Waals surface area contributed by atoms with Crippen molar-refractivity contribution in [1.29, 1.82) is 0 Å². The fraction of sp³-hybridized carbons (Fsp3) is 0.368. The van der Waals surface area contributed by atoms with Crippen molar-refractivity contribution in [3.63, 3.8) is 0 Å². The minimum absolute atomic E-state index is 0.0479. The van der Waals surface area contributed by atoms with E-state index in [2.05, 4.69) is 27.5 Å². The van der Waals surface area contributed by atoms with E-state index in [1.54, 1.807) is 0 Å². The van der Waals surface area contributed by atoms with Gasteiger partial charge >= 0.3 is 0 Å². The van der Waals surface area contributed by atoms with Crippen LogP contribution in [0.4, 0.5) is 5.69 Å². The molecule has 0 bridgehead atoms. The number of hydrogen-bond acceptors (Lipinski definition) is 7. The Morgan fingerprint density at radius 2 is 2.00 bits per heavy atom. The molecule has 1 amide bonds.